The Morgan fingerprint density at radius 2 is 2.17 bits per heavy atom. The number of aryl methyl sites for hydroxylation is 1. The van der Waals surface area contributed by atoms with E-state index in [2.05, 4.69) is 15.5 Å². The Hall–Kier alpha value is -3.16. The molecule has 3 aromatic rings. The number of benzene rings is 1. The van der Waals surface area contributed by atoms with Crippen molar-refractivity contribution in [1.82, 2.24) is 14.7 Å². The van der Waals surface area contributed by atoms with E-state index in [-0.39, 0.29) is 5.76 Å². The third-order valence-corrected chi connectivity index (χ3v) is 3.37. The van der Waals surface area contributed by atoms with Crippen molar-refractivity contribution in [2.24, 2.45) is 5.73 Å². The van der Waals surface area contributed by atoms with Crippen LogP contribution in [0.4, 0.5) is 5.95 Å². The van der Waals surface area contributed by atoms with E-state index in [9.17, 15) is 9.59 Å². The van der Waals surface area contributed by atoms with Gasteiger partial charge in [0.25, 0.3) is 5.91 Å². The fraction of sp³-hybridized carbons (Fsp3) is 0.200. The summed E-state index contributed by atoms with van der Waals surface area (Å²) in [7, 11) is 0. The minimum Gasteiger partial charge on any atom is -0.366 e. The third kappa shape index (κ3) is 2.78. The van der Waals surface area contributed by atoms with Crippen molar-refractivity contribution >= 4 is 28.8 Å². The van der Waals surface area contributed by atoms with Crippen molar-refractivity contribution in [3.05, 3.63) is 41.8 Å². The SMILES string of the molecule is CCCn1c(NC(=O)c2ccno2)nc2cc(C(N)=O)ccc21. The van der Waals surface area contributed by atoms with Crippen LogP contribution in [0, 0.1) is 0 Å². The maximum atomic E-state index is 12.1. The van der Waals surface area contributed by atoms with Gasteiger partial charge in [0, 0.05) is 18.2 Å². The van der Waals surface area contributed by atoms with Gasteiger partial charge in [-0.3, -0.25) is 14.9 Å². The van der Waals surface area contributed by atoms with E-state index in [0.717, 1.165) is 11.9 Å². The number of rotatable bonds is 5. The summed E-state index contributed by atoms with van der Waals surface area (Å²) in [4.78, 5) is 27.8. The monoisotopic (exact) mass is 313 g/mol. The number of aromatic nitrogens is 3. The molecule has 0 atom stereocenters. The fourth-order valence-corrected chi connectivity index (χ4v) is 2.32. The highest BCUT2D eigenvalue weighted by atomic mass is 16.5. The Morgan fingerprint density at radius 1 is 1.35 bits per heavy atom. The van der Waals surface area contributed by atoms with E-state index in [1.165, 1.54) is 12.3 Å². The van der Waals surface area contributed by atoms with Crippen LogP contribution in [0.2, 0.25) is 0 Å². The molecule has 23 heavy (non-hydrogen) atoms. The Kier molecular flexibility index (Phi) is 3.80. The van der Waals surface area contributed by atoms with E-state index in [4.69, 9.17) is 10.3 Å². The summed E-state index contributed by atoms with van der Waals surface area (Å²) in [6.45, 7) is 2.68. The molecule has 0 saturated carbocycles. The second-order valence-electron chi connectivity index (χ2n) is 4.99. The summed E-state index contributed by atoms with van der Waals surface area (Å²) >= 11 is 0. The number of amides is 2. The van der Waals surface area contributed by atoms with E-state index < -0.39 is 11.8 Å². The third-order valence-electron chi connectivity index (χ3n) is 3.37. The van der Waals surface area contributed by atoms with Gasteiger partial charge < -0.3 is 14.8 Å². The zero-order chi connectivity index (χ0) is 16.4. The fourth-order valence-electron chi connectivity index (χ4n) is 2.32. The summed E-state index contributed by atoms with van der Waals surface area (Å²) in [5.41, 5.74) is 7.05. The van der Waals surface area contributed by atoms with Crippen LogP contribution in [-0.2, 0) is 6.54 Å². The number of imidazole rings is 1. The molecule has 2 amide bonds. The van der Waals surface area contributed by atoms with E-state index in [1.54, 1.807) is 18.2 Å². The first-order valence-corrected chi connectivity index (χ1v) is 7.12. The quantitative estimate of drug-likeness (QED) is 0.745. The second kappa shape index (κ2) is 5.91. The molecule has 118 valence electrons. The molecular weight excluding hydrogens is 298 g/mol. The molecule has 2 aromatic heterocycles. The van der Waals surface area contributed by atoms with Crippen molar-refractivity contribution in [2.45, 2.75) is 19.9 Å². The number of carbonyl (C=O) groups excluding carboxylic acids is 2. The van der Waals surface area contributed by atoms with Gasteiger partial charge in [-0.2, -0.15) is 0 Å². The molecule has 0 aliphatic rings. The lowest BCUT2D eigenvalue weighted by atomic mass is 10.2. The average Bonchev–Trinajstić information content (AvgIpc) is 3.16. The van der Waals surface area contributed by atoms with Crippen molar-refractivity contribution in [3.63, 3.8) is 0 Å². The summed E-state index contributed by atoms with van der Waals surface area (Å²) in [6.07, 6.45) is 2.25. The molecule has 0 fully saturated rings. The number of hydrogen-bond donors (Lipinski definition) is 2. The smallest absolute Gasteiger partial charge is 0.296 e. The maximum Gasteiger partial charge on any atom is 0.296 e. The number of carbonyl (C=O) groups is 2. The lowest BCUT2D eigenvalue weighted by Crippen LogP contribution is -2.15. The van der Waals surface area contributed by atoms with Gasteiger partial charge in [-0.25, -0.2) is 4.98 Å². The number of nitrogens with zero attached hydrogens (tertiary/aromatic N) is 3. The Balaban J connectivity index is 2.02. The number of nitrogens with one attached hydrogen (secondary N) is 1. The molecule has 1 aromatic carbocycles. The number of anilines is 1. The lowest BCUT2D eigenvalue weighted by molar-refractivity contribution is 0.0983. The van der Waals surface area contributed by atoms with Crippen LogP contribution in [0.5, 0.6) is 0 Å². The summed E-state index contributed by atoms with van der Waals surface area (Å²) in [6, 6.07) is 6.48. The van der Waals surface area contributed by atoms with Gasteiger partial charge in [0.2, 0.25) is 17.6 Å². The van der Waals surface area contributed by atoms with Gasteiger partial charge in [-0.05, 0) is 24.6 Å². The predicted molar refractivity (Wildman–Crippen MR) is 83.0 cm³/mol. The van der Waals surface area contributed by atoms with Crippen molar-refractivity contribution in [2.75, 3.05) is 5.32 Å². The van der Waals surface area contributed by atoms with Gasteiger partial charge >= 0.3 is 0 Å². The molecule has 0 aliphatic heterocycles. The zero-order valence-corrected chi connectivity index (χ0v) is 12.4. The maximum absolute atomic E-state index is 12.1. The predicted octanol–water partition coefficient (Wildman–Crippen LogP) is 1.79. The molecule has 3 N–H and O–H groups in total. The molecule has 2 heterocycles. The molecule has 0 saturated heterocycles. The van der Waals surface area contributed by atoms with Crippen molar-refractivity contribution in [3.8, 4) is 0 Å². The number of nitrogens with two attached hydrogens (primary N) is 1. The normalized spacial score (nSPS) is 10.8. The first-order chi connectivity index (χ1) is 11.1. The Morgan fingerprint density at radius 3 is 2.83 bits per heavy atom. The standard InChI is InChI=1S/C15H15N5O3/c1-2-7-20-11-4-3-9(13(16)21)8-10(11)18-15(20)19-14(22)12-5-6-17-23-12/h3-6,8H,2,7H2,1H3,(H2,16,21)(H,18,19,22). The molecule has 8 heteroatoms. The number of primary amides is 1. The van der Waals surface area contributed by atoms with Crippen LogP contribution in [0.3, 0.4) is 0 Å². The van der Waals surface area contributed by atoms with Crippen LogP contribution in [0.15, 0.2) is 35.0 Å². The first-order valence-electron chi connectivity index (χ1n) is 7.12. The largest absolute Gasteiger partial charge is 0.366 e. The Bertz CT molecular complexity index is 867. The van der Waals surface area contributed by atoms with Crippen molar-refractivity contribution in [1.29, 1.82) is 0 Å². The number of hydrogen-bond acceptors (Lipinski definition) is 5. The summed E-state index contributed by atoms with van der Waals surface area (Å²) in [5.74, 6) is -0.489. The highest BCUT2D eigenvalue weighted by Gasteiger charge is 2.17. The van der Waals surface area contributed by atoms with Gasteiger partial charge in [0.15, 0.2) is 0 Å². The second-order valence-corrected chi connectivity index (χ2v) is 4.99. The van der Waals surface area contributed by atoms with Gasteiger partial charge in [0.05, 0.1) is 17.2 Å². The first kappa shape index (κ1) is 14.8. The molecule has 0 spiro atoms. The van der Waals surface area contributed by atoms with E-state index in [0.29, 0.717) is 23.6 Å². The minimum atomic E-state index is -0.524. The minimum absolute atomic E-state index is 0.0953. The van der Waals surface area contributed by atoms with Crippen LogP contribution in [0.1, 0.15) is 34.3 Å². The summed E-state index contributed by atoms with van der Waals surface area (Å²) < 4.78 is 6.70. The zero-order valence-electron chi connectivity index (χ0n) is 12.4. The van der Waals surface area contributed by atoms with Crippen LogP contribution in [0.25, 0.3) is 11.0 Å². The van der Waals surface area contributed by atoms with E-state index >= 15 is 0 Å². The Labute approximate surface area is 131 Å². The van der Waals surface area contributed by atoms with E-state index in [1.807, 2.05) is 11.5 Å². The number of fused-ring (bicyclic) bond motifs is 1. The molecule has 0 unspecified atom stereocenters. The average molecular weight is 313 g/mol. The molecule has 0 aliphatic carbocycles. The lowest BCUT2D eigenvalue weighted by Gasteiger charge is -2.07. The molecule has 0 radical (unpaired) electrons. The van der Waals surface area contributed by atoms with Gasteiger partial charge in [0.1, 0.15) is 0 Å². The molecule has 0 bridgehead atoms. The molecular formula is C15H15N5O3. The highest BCUT2D eigenvalue weighted by Crippen LogP contribution is 2.22. The summed E-state index contributed by atoms with van der Waals surface area (Å²) in [5, 5.41) is 6.20. The van der Waals surface area contributed by atoms with Gasteiger partial charge in [-0.1, -0.05) is 12.1 Å². The topological polar surface area (TPSA) is 116 Å². The molecule has 3 rings (SSSR count). The van der Waals surface area contributed by atoms with Crippen LogP contribution in [-0.4, -0.2) is 26.5 Å². The van der Waals surface area contributed by atoms with Crippen LogP contribution >= 0.6 is 0 Å². The van der Waals surface area contributed by atoms with Crippen molar-refractivity contribution < 1.29 is 14.1 Å². The molecule has 8 nitrogen and oxygen atoms in total. The van der Waals surface area contributed by atoms with Crippen LogP contribution < -0.4 is 11.1 Å². The van der Waals surface area contributed by atoms with Gasteiger partial charge in [-0.15, -0.1) is 0 Å². The highest BCUT2D eigenvalue weighted by molar-refractivity contribution is 6.02.